The Balaban J connectivity index is 0.903. The Morgan fingerprint density at radius 1 is 0.258 bits per heavy atom. The van der Waals surface area contributed by atoms with Crippen LogP contribution in [0.25, 0.3) is 0 Å². The van der Waals surface area contributed by atoms with Gasteiger partial charge in [0.15, 0.2) is 0 Å². The zero-order valence-corrected chi connectivity index (χ0v) is 52.7. The second-order valence-electron chi connectivity index (χ2n) is 20.1. The molecule has 8 rings (SSSR count). The molecule has 0 saturated carbocycles. The molecule has 0 atom stereocenters. The lowest BCUT2D eigenvalue weighted by Gasteiger charge is -2.31. The lowest BCUT2D eigenvalue weighted by molar-refractivity contribution is -0.170. The van der Waals surface area contributed by atoms with Crippen LogP contribution in [0.1, 0.15) is 67.1 Å². The first-order valence-electron chi connectivity index (χ1n) is 28.5. The summed E-state index contributed by atoms with van der Waals surface area (Å²) in [5.74, 6) is -1.87. The van der Waals surface area contributed by atoms with Gasteiger partial charge in [0.1, 0.15) is 77.8 Å². The van der Waals surface area contributed by atoms with Crippen molar-refractivity contribution >= 4 is 94.8 Å². The molecule has 0 aromatic heterocycles. The predicted octanol–water partition coefficient (Wildman–Crippen LogP) is 14.8. The fourth-order valence-corrected chi connectivity index (χ4v) is 11.4. The quantitative estimate of drug-likeness (QED) is 0.0161. The molecule has 0 aliphatic rings. The number of hydrogen-bond acceptors (Lipinski definition) is 20. The maximum atomic E-state index is 13.6. The van der Waals surface area contributed by atoms with Gasteiger partial charge in [-0.1, -0.05) is 0 Å². The lowest BCUT2D eigenvalue weighted by atomic mass is 9.92. The summed E-state index contributed by atoms with van der Waals surface area (Å²) in [6.45, 7) is -1.96. The van der Waals surface area contributed by atoms with Crippen molar-refractivity contribution in [2.45, 2.75) is 45.3 Å². The third-order valence-electron chi connectivity index (χ3n) is 13.1. The molecule has 0 bridgehead atoms. The number of aromatic carboxylic acids is 4. The van der Waals surface area contributed by atoms with Crippen LogP contribution in [0.15, 0.2) is 214 Å². The maximum absolute atomic E-state index is 13.6. The van der Waals surface area contributed by atoms with Crippen LogP contribution in [-0.4, -0.2) is 118 Å². The number of ether oxygens (including phenoxy) is 8. The van der Waals surface area contributed by atoms with Gasteiger partial charge in [-0.15, -0.1) is 47.0 Å². The molecular formula is C69H60O20S4. The highest BCUT2D eigenvalue weighted by Crippen LogP contribution is 2.32. The molecule has 0 spiro atoms. The molecule has 0 heterocycles. The summed E-state index contributed by atoms with van der Waals surface area (Å²) in [6.07, 6.45) is -0.306. The Morgan fingerprint density at radius 2 is 0.419 bits per heavy atom. The van der Waals surface area contributed by atoms with Crippen LogP contribution in [0.5, 0.6) is 46.0 Å². The van der Waals surface area contributed by atoms with E-state index in [9.17, 15) is 58.8 Å². The normalized spacial score (nSPS) is 10.9. The van der Waals surface area contributed by atoms with E-state index in [-0.39, 0.29) is 70.9 Å². The van der Waals surface area contributed by atoms with Gasteiger partial charge >= 0.3 is 47.8 Å². The second kappa shape index (κ2) is 35.1. The fraction of sp³-hybridized carbons (Fsp3) is 0.188. The van der Waals surface area contributed by atoms with Crippen molar-refractivity contribution in [3.63, 3.8) is 0 Å². The molecule has 0 radical (unpaired) electrons. The van der Waals surface area contributed by atoms with E-state index in [4.69, 9.17) is 37.9 Å². The zero-order chi connectivity index (χ0) is 66.0. The van der Waals surface area contributed by atoms with Crippen molar-refractivity contribution in [3.05, 3.63) is 216 Å². The van der Waals surface area contributed by atoms with Gasteiger partial charge in [0.2, 0.25) is 0 Å². The SMILES string of the molecule is O=C(CCSc1ccc(Oc2ccc(C(=O)O)cc2)cc1)OCC(COC(=O)CCSc1ccc(Oc2ccc(C(=O)O)cc2)cc1)(COC(=O)CCSc1ccc(Oc2ccc(C(=O)O)cc2)cc1)COC(=O)CCSc1ccc(Oc2ccc(C(=O)O)cc2)cc1. The van der Waals surface area contributed by atoms with Crippen LogP contribution in [0.2, 0.25) is 0 Å². The van der Waals surface area contributed by atoms with Crippen LogP contribution >= 0.6 is 47.0 Å². The van der Waals surface area contributed by atoms with Gasteiger partial charge in [-0.2, -0.15) is 0 Å². The Bertz CT molecular complexity index is 3310. The van der Waals surface area contributed by atoms with Gasteiger partial charge < -0.3 is 58.3 Å². The molecule has 0 aliphatic carbocycles. The fourth-order valence-electron chi connectivity index (χ4n) is 8.10. The number of carboxylic acid groups (broad SMARTS) is 4. The first-order valence-corrected chi connectivity index (χ1v) is 32.4. The van der Waals surface area contributed by atoms with Gasteiger partial charge in [0.05, 0.1) is 47.9 Å². The summed E-state index contributed by atoms with van der Waals surface area (Å²) in [7, 11) is 0. The van der Waals surface area contributed by atoms with Gasteiger partial charge in [-0.3, -0.25) is 19.2 Å². The molecule has 0 saturated heterocycles. The number of carbonyl (C=O) groups is 8. The Morgan fingerprint density at radius 3 is 0.581 bits per heavy atom. The minimum Gasteiger partial charge on any atom is -0.478 e. The van der Waals surface area contributed by atoms with Gasteiger partial charge in [-0.25, -0.2) is 19.2 Å². The monoisotopic (exact) mass is 1340 g/mol. The number of carbonyl (C=O) groups excluding carboxylic acids is 4. The Hall–Kier alpha value is -9.88. The average molecular weight is 1340 g/mol. The van der Waals surface area contributed by atoms with Crippen LogP contribution in [-0.2, 0) is 38.1 Å². The van der Waals surface area contributed by atoms with Crippen molar-refractivity contribution in [1.29, 1.82) is 0 Å². The van der Waals surface area contributed by atoms with Gasteiger partial charge in [0.25, 0.3) is 0 Å². The molecule has 0 aliphatic heterocycles. The highest BCUT2D eigenvalue weighted by Gasteiger charge is 2.38. The van der Waals surface area contributed by atoms with E-state index in [2.05, 4.69) is 0 Å². The van der Waals surface area contributed by atoms with E-state index in [1.165, 1.54) is 95.6 Å². The minimum atomic E-state index is -1.59. The van der Waals surface area contributed by atoms with E-state index in [1.807, 2.05) is 0 Å². The van der Waals surface area contributed by atoms with Crippen molar-refractivity contribution in [2.75, 3.05) is 49.4 Å². The smallest absolute Gasteiger partial charge is 0.335 e. The topological polar surface area (TPSA) is 291 Å². The maximum Gasteiger partial charge on any atom is 0.335 e. The van der Waals surface area contributed by atoms with E-state index in [1.54, 1.807) is 146 Å². The van der Waals surface area contributed by atoms with Crippen molar-refractivity contribution in [2.24, 2.45) is 5.41 Å². The average Bonchev–Trinajstić information content (AvgIpc) is 2.45. The summed E-state index contributed by atoms with van der Waals surface area (Å²) >= 11 is 5.46. The van der Waals surface area contributed by atoms with Crippen LogP contribution in [0, 0.1) is 5.41 Å². The minimum absolute atomic E-state index is 0.0765. The molecule has 93 heavy (non-hydrogen) atoms. The lowest BCUT2D eigenvalue weighted by Crippen LogP contribution is -2.44. The Labute approximate surface area is 550 Å². The molecule has 480 valence electrons. The summed E-state index contributed by atoms with van der Waals surface area (Å²) in [5.41, 5.74) is -1.10. The third-order valence-corrected chi connectivity index (χ3v) is 17.2. The van der Waals surface area contributed by atoms with Crippen molar-refractivity contribution in [3.8, 4) is 46.0 Å². The number of hydrogen-bond donors (Lipinski definition) is 4. The molecule has 24 heteroatoms. The first kappa shape index (κ1) is 69.0. The van der Waals surface area contributed by atoms with Gasteiger partial charge in [-0.05, 0) is 194 Å². The van der Waals surface area contributed by atoms with Gasteiger partial charge in [0, 0.05) is 42.6 Å². The number of benzene rings is 8. The van der Waals surface area contributed by atoms with Crippen LogP contribution in [0.4, 0.5) is 0 Å². The number of esters is 4. The van der Waals surface area contributed by atoms with E-state index in [0.29, 0.717) is 46.0 Å². The summed E-state index contributed by atoms with van der Waals surface area (Å²) in [5, 5.41) is 36.9. The molecule has 0 unspecified atom stereocenters. The van der Waals surface area contributed by atoms with Crippen LogP contribution < -0.4 is 18.9 Å². The molecule has 4 N–H and O–H groups in total. The second-order valence-corrected chi connectivity index (χ2v) is 24.8. The van der Waals surface area contributed by atoms with E-state index < -0.39 is 79.6 Å². The molecule has 8 aromatic carbocycles. The number of carboxylic acids is 4. The first-order chi connectivity index (χ1) is 44.9. The summed E-state index contributed by atoms with van der Waals surface area (Å²) < 4.78 is 46.8. The number of rotatable bonds is 36. The molecular weight excluding hydrogens is 1280 g/mol. The van der Waals surface area contributed by atoms with Crippen molar-refractivity contribution < 1.29 is 96.7 Å². The molecule has 20 nitrogen and oxygen atoms in total. The third kappa shape index (κ3) is 23.4. The molecule has 8 aromatic rings. The van der Waals surface area contributed by atoms with Crippen molar-refractivity contribution in [1.82, 2.24) is 0 Å². The highest BCUT2D eigenvalue weighted by molar-refractivity contribution is 8.00. The van der Waals surface area contributed by atoms with E-state index in [0.717, 1.165) is 19.6 Å². The highest BCUT2D eigenvalue weighted by atomic mass is 32.2. The molecule has 0 amide bonds. The Kier molecular flexibility index (Phi) is 26.0. The van der Waals surface area contributed by atoms with Crippen LogP contribution in [0.3, 0.4) is 0 Å². The predicted molar refractivity (Wildman–Crippen MR) is 347 cm³/mol. The summed E-state index contributed by atoms with van der Waals surface area (Å²) in [6, 6.07) is 52.1. The molecule has 0 fully saturated rings. The summed E-state index contributed by atoms with van der Waals surface area (Å²) in [4.78, 5) is 103. The standard InChI is InChI=1S/C69H60O20S4/c70-61(33-37-90-57-25-17-53(18-26-57)86-49-9-1-45(2-10-49)65(74)75)82-41-69(42-83-62(71)34-38-91-58-27-19-54(20-28-58)87-50-11-3-46(4-12-50)66(76)77,43-84-63(72)35-39-92-59-29-21-55(22-30-59)88-51-13-5-47(6-14-51)67(78)79)44-85-64(73)36-40-93-60-31-23-56(24-32-60)89-52-15-7-48(8-16-52)68(80)81/h1-32H,33-44H2,(H,74,75)(H,76,77)(H,78,79)(H,80,81). The van der Waals surface area contributed by atoms with E-state index >= 15 is 0 Å². The largest absolute Gasteiger partial charge is 0.478 e. The zero-order valence-electron chi connectivity index (χ0n) is 49.4. The number of thioether (sulfide) groups is 4.